The van der Waals surface area contributed by atoms with Gasteiger partial charge in [-0.1, -0.05) is 18.2 Å². The third-order valence-electron chi connectivity index (χ3n) is 5.49. The maximum atomic E-state index is 13.9. The minimum Gasteiger partial charge on any atom is -0.490 e. The number of carbonyl (C=O) groups excluding carboxylic acids is 2. The summed E-state index contributed by atoms with van der Waals surface area (Å²) >= 11 is 0. The minimum absolute atomic E-state index is 0.161. The first-order valence-corrected chi connectivity index (χ1v) is 9.83. The summed E-state index contributed by atoms with van der Waals surface area (Å²) in [4.78, 5) is 28.5. The lowest BCUT2D eigenvalue weighted by Gasteiger charge is -2.35. The molecule has 2 aromatic carbocycles. The summed E-state index contributed by atoms with van der Waals surface area (Å²) < 4.78 is 33.7. The second-order valence-corrected chi connectivity index (χ2v) is 7.35. The monoisotopic (exact) mass is 400 g/mol. The van der Waals surface area contributed by atoms with Crippen LogP contribution in [0.1, 0.15) is 40.0 Å². The largest absolute Gasteiger partial charge is 0.490 e. The lowest BCUT2D eigenvalue weighted by Crippen LogP contribution is -2.51. The van der Waals surface area contributed by atoms with Crippen LogP contribution in [0.2, 0.25) is 0 Å². The molecular weight excluding hydrogens is 378 g/mol. The molecule has 1 saturated heterocycles. The molecule has 7 heteroatoms. The van der Waals surface area contributed by atoms with Gasteiger partial charge in [-0.2, -0.15) is 0 Å². The Balaban J connectivity index is 1.42. The van der Waals surface area contributed by atoms with E-state index in [0.717, 1.165) is 31.4 Å². The van der Waals surface area contributed by atoms with E-state index in [1.807, 2.05) is 6.07 Å². The molecule has 2 amide bonds. The molecule has 0 N–H and O–H groups in total. The molecule has 1 aliphatic carbocycles. The highest BCUT2D eigenvalue weighted by atomic mass is 19.1. The highest BCUT2D eigenvalue weighted by Crippen LogP contribution is 2.28. The summed E-state index contributed by atoms with van der Waals surface area (Å²) in [5, 5.41) is 0. The van der Waals surface area contributed by atoms with Gasteiger partial charge < -0.3 is 14.5 Å². The van der Waals surface area contributed by atoms with E-state index in [1.54, 1.807) is 23.1 Å². The molecule has 0 unspecified atom stereocenters. The molecule has 0 bridgehead atoms. The molecule has 4 rings (SSSR count). The molecule has 0 radical (unpaired) electrons. The Labute approximate surface area is 167 Å². The average molecular weight is 400 g/mol. The zero-order valence-corrected chi connectivity index (χ0v) is 15.9. The van der Waals surface area contributed by atoms with E-state index in [9.17, 15) is 18.4 Å². The topological polar surface area (TPSA) is 49.9 Å². The molecule has 2 aliphatic rings. The third-order valence-corrected chi connectivity index (χ3v) is 5.49. The van der Waals surface area contributed by atoms with E-state index in [4.69, 9.17) is 4.74 Å². The van der Waals surface area contributed by atoms with Crippen molar-refractivity contribution in [2.24, 2.45) is 0 Å². The second kappa shape index (κ2) is 8.19. The first-order valence-electron chi connectivity index (χ1n) is 9.83. The van der Waals surface area contributed by atoms with Crippen molar-refractivity contribution < 1.29 is 23.1 Å². The Morgan fingerprint density at radius 3 is 2.00 bits per heavy atom. The smallest absolute Gasteiger partial charge is 0.259 e. The van der Waals surface area contributed by atoms with E-state index in [0.29, 0.717) is 24.4 Å². The van der Waals surface area contributed by atoms with Gasteiger partial charge in [0.2, 0.25) is 0 Å². The molecular formula is C22H22F2N2O3. The van der Waals surface area contributed by atoms with E-state index < -0.39 is 23.1 Å². The van der Waals surface area contributed by atoms with Crippen LogP contribution in [-0.2, 0) is 0 Å². The fraction of sp³-hybridized carbons (Fsp3) is 0.364. The van der Waals surface area contributed by atoms with E-state index in [-0.39, 0.29) is 25.1 Å². The minimum atomic E-state index is -0.879. The van der Waals surface area contributed by atoms with Crippen molar-refractivity contribution in [3.8, 4) is 5.75 Å². The van der Waals surface area contributed by atoms with Gasteiger partial charge in [0, 0.05) is 26.2 Å². The first-order chi connectivity index (χ1) is 14.0. The predicted molar refractivity (Wildman–Crippen MR) is 103 cm³/mol. The maximum absolute atomic E-state index is 13.9. The summed E-state index contributed by atoms with van der Waals surface area (Å²) in [5.41, 5.74) is -0.0501. The van der Waals surface area contributed by atoms with Crippen molar-refractivity contribution in [1.82, 2.24) is 9.80 Å². The summed E-state index contributed by atoms with van der Waals surface area (Å²) in [6, 6.07) is 10.5. The van der Waals surface area contributed by atoms with Crippen molar-refractivity contribution in [3.63, 3.8) is 0 Å². The number of halogens is 2. The van der Waals surface area contributed by atoms with Crippen molar-refractivity contribution in [2.75, 3.05) is 26.2 Å². The SMILES string of the molecule is O=C(c1ccccc1OC1CCC1)N1CCN(C(=O)c2c(F)cccc2F)CC1. The number of amides is 2. The van der Waals surface area contributed by atoms with Gasteiger partial charge in [-0.15, -0.1) is 0 Å². The number of hydrogen-bond donors (Lipinski definition) is 0. The molecule has 1 saturated carbocycles. The quantitative estimate of drug-likeness (QED) is 0.790. The summed E-state index contributed by atoms with van der Waals surface area (Å²) in [6.45, 7) is 1.00. The summed E-state index contributed by atoms with van der Waals surface area (Å²) in [6.07, 6.45) is 3.29. The number of hydrogen-bond acceptors (Lipinski definition) is 3. The van der Waals surface area contributed by atoms with Crippen LogP contribution in [0.3, 0.4) is 0 Å². The number of nitrogens with zero attached hydrogens (tertiary/aromatic N) is 2. The molecule has 152 valence electrons. The van der Waals surface area contributed by atoms with Gasteiger partial charge in [-0.25, -0.2) is 8.78 Å². The standard InChI is InChI=1S/C22H22F2N2O3/c23-17-8-4-9-18(24)20(17)22(28)26-13-11-25(12-14-26)21(27)16-7-1-2-10-19(16)29-15-5-3-6-15/h1-2,4,7-10,15H,3,5-6,11-14H2. The molecule has 0 spiro atoms. The van der Waals surface area contributed by atoms with E-state index >= 15 is 0 Å². The van der Waals surface area contributed by atoms with Crippen LogP contribution in [0.15, 0.2) is 42.5 Å². The average Bonchev–Trinajstić information content (AvgIpc) is 2.70. The van der Waals surface area contributed by atoms with Crippen molar-refractivity contribution >= 4 is 11.8 Å². The Morgan fingerprint density at radius 2 is 1.41 bits per heavy atom. The maximum Gasteiger partial charge on any atom is 0.259 e. The fourth-order valence-corrected chi connectivity index (χ4v) is 3.56. The van der Waals surface area contributed by atoms with Gasteiger partial charge in [0.1, 0.15) is 22.9 Å². The van der Waals surface area contributed by atoms with Crippen molar-refractivity contribution in [2.45, 2.75) is 25.4 Å². The van der Waals surface area contributed by atoms with Crippen LogP contribution >= 0.6 is 0 Å². The van der Waals surface area contributed by atoms with Crippen molar-refractivity contribution in [1.29, 1.82) is 0 Å². The van der Waals surface area contributed by atoms with Gasteiger partial charge in [-0.3, -0.25) is 9.59 Å². The fourth-order valence-electron chi connectivity index (χ4n) is 3.56. The number of piperazine rings is 1. The number of benzene rings is 2. The molecule has 0 atom stereocenters. The van der Waals surface area contributed by atoms with Gasteiger partial charge >= 0.3 is 0 Å². The normalized spacial score (nSPS) is 17.0. The van der Waals surface area contributed by atoms with Crippen LogP contribution in [0, 0.1) is 11.6 Å². The van der Waals surface area contributed by atoms with E-state index in [1.165, 1.54) is 11.0 Å². The third kappa shape index (κ3) is 3.95. The molecule has 1 aliphatic heterocycles. The molecule has 5 nitrogen and oxygen atoms in total. The van der Waals surface area contributed by atoms with Gasteiger partial charge in [0.05, 0.1) is 11.7 Å². The van der Waals surface area contributed by atoms with Crippen LogP contribution in [0.5, 0.6) is 5.75 Å². The molecule has 2 aromatic rings. The molecule has 0 aromatic heterocycles. The molecule has 1 heterocycles. The van der Waals surface area contributed by atoms with Crippen LogP contribution in [0.25, 0.3) is 0 Å². The lowest BCUT2D eigenvalue weighted by molar-refractivity contribution is 0.0522. The molecule has 2 fully saturated rings. The van der Waals surface area contributed by atoms with Gasteiger partial charge in [0.25, 0.3) is 11.8 Å². The lowest BCUT2D eigenvalue weighted by atomic mass is 9.96. The van der Waals surface area contributed by atoms with Crippen LogP contribution in [0.4, 0.5) is 8.78 Å². The Bertz CT molecular complexity index is 902. The highest BCUT2D eigenvalue weighted by Gasteiger charge is 2.30. The zero-order chi connectivity index (χ0) is 20.4. The van der Waals surface area contributed by atoms with Crippen LogP contribution < -0.4 is 4.74 Å². The highest BCUT2D eigenvalue weighted by molar-refractivity contribution is 5.98. The van der Waals surface area contributed by atoms with Gasteiger partial charge in [0.15, 0.2) is 0 Å². The molecule has 29 heavy (non-hydrogen) atoms. The van der Waals surface area contributed by atoms with Gasteiger partial charge in [-0.05, 0) is 43.5 Å². The van der Waals surface area contributed by atoms with Crippen molar-refractivity contribution in [3.05, 3.63) is 65.2 Å². The van der Waals surface area contributed by atoms with E-state index in [2.05, 4.69) is 0 Å². The Morgan fingerprint density at radius 1 is 0.828 bits per heavy atom. The van der Waals surface area contributed by atoms with Crippen LogP contribution in [-0.4, -0.2) is 53.9 Å². The first kappa shape index (κ1) is 19.4. The number of carbonyl (C=O) groups is 2. The summed E-state index contributed by atoms with van der Waals surface area (Å²) in [5.74, 6) is -2.04. The summed E-state index contributed by atoms with van der Waals surface area (Å²) in [7, 11) is 0. The predicted octanol–water partition coefficient (Wildman–Crippen LogP) is 3.49. The zero-order valence-electron chi connectivity index (χ0n) is 15.9. The number of ether oxygens (including phenoxy) is 1. The second-order valence-electron chi connectivity index (χ2n) is 7.35. The Kier molecular flexibility index (Phi) is 5.47. The number of rotatable bonds is 4. The number of para-hydroxylation sites is 1. The Hall–Kier alpha value is -2.96.